The molecule has 1 amide bonds. The second kappa shape index (κ2) is 7.19. The Hall–Kier alpha value is -3.47. The van der Waals surface area contributed by atoms with E-state index in [1.54, 1.807) is 24.5 Å². The minimum atomic E-state index is -0.185. The second-order valence-electron chi connectivity index (χ2n) is 6.05. The van der Waals surface area contributed by atoms with Crippen LogP contribution in [0.25, 0.3) is 0 Å². The number of carbonyl (C=O) groups excluding carboxylic acids is 1. The topological polar surface area (TPSA) is 57.6 Å². The number of para-hydroxylation sites is 1. The quantitative estimate of drug-likeness (QED) is 0.779. The number of amides is 1. The molecule has 5 nitrogen and oxygen atoms in total. The van der Waals surface area contributed by atoms with Crippen molar-refractivity contribution in [3.8, 4) is 0 Å². The molecule has 2 heterocycles. The average Bonchev–Trinajstić information content (AvgIpc) is 3.16. The van der Waals surface area contributed by atoms with Crippen molar-refractivity contribution in [2.45, 2.75) is 12.5 Å². The van der Waals surface area contributed by atoms with E-state index in [0.29, 0.717) is 17.8 Å². The van der Waals surface area contributed by atoms with Gasteiger partial charge in [0.05, 0.1) is 11.7 Å². The predicted octanol–water partition coefficient (Wildman–Crippen LogP) is 4.03. The molecule has 3 aromatic rings. The summed E-state index contributed by atoms with van der Waals surface area (Å²) in [4.78, 5) is 16.6. The Labute approximate surface area is 152 Å². The molecule has 0 saturated heterocycles. The maximum Gasteiger partial charge on any atom is 0.271 e. The molecule has 2 aromatic carbocycles. The number of nitrogens with zero attached hydrogens (tertiary/aromatic N) is 3. The van der Waals surface area contributed by atoms with Crippen molar-refractivity contribution < 1.29 is 4.79 Å². The summed E-state index contributed by atoms with van der Waals surface area (Å²) in [6, 6.07) is 23.6. The normalized spacial score (nSPS) is 16.2. The van der Waals surface area contributed by atoms with Crippen molar-refractivity contribution >= 4 is 23.0 Å². The first kappa shape index (κ1) is 16.0. The summed E-state index contributed by atoms with van der Waals surface area (Å²) in [5.74, 6) is -0.185. The van der Waals surface area contributed by atoms with E-state index in [4.69, 9.17) is 0 Å². The minimum absolute atomic E-state index is 0.00297. The Morgan fingerprint density at radius 3 is 2.27 bits per heavy atom. The minimum Gasteiger partial charge on any atom is -0.321 e. The lowest BCUT2D eigenvalue weighted by molar-refractivity contribution is -0.110. The molecule has 1 atom stereocenters. The van der Waals surface area contributed by atoms with E-state index in [1.165, 1.54) is 0 Å². The van der Waals surface area contributed by atoms with Gasteiger partial charge in [0.2, 0.25) is 0 Å². The van der Waals surface area contributed by atoms with Crippen LogP contribution in [0.3, 0.4) is 0 Å². The van der Waals surface area contributed by atoms with Gasteiger partial charge in [-0.25, -0.2) is 0 Å². The van der Waals surface area contributed by atoms with Crippen LogP contribution in [0.15, 0.2) is 90.3 Å². The van der Waals surface area contributed by atoms with Gasteiger partial charge in [-0.15, -0.1) is 0 Å². The summed E-state index contributed by atoms with van der Waals surface area (Å²) in [7, 11) is 0. The Balaban J connectivity index is 1.63. The van der Waals surface area contributed by atoms with Gasteiger partial charge < -0.3 is 5.32 Å². The van der Waals surface area contributed by atoms with Gasteiger partial charge in [-0.1, -0.05) is 48.5 Å². The Kier molecular flexibility index (Phi) is 4.43. The lowest BCUT2D eigenvalue weighted by Gasteiger charge is -2.23. The molecule has 0 saturated carbocycles. The molecule has 5 heteroatoms. The van der Waals surface area contributed by atoms with Crippen LogP contribution in [0.2, 0.25) is 0 Å². The van der Waals surface area contributed by atoms with Crippen LogP contribution in [0.1, 0.15) is 18.0 Å². The van der Waals surface area contributed by atoms with Gasteiger partial charge >= 0.3 is 0 Å². The number of nitrogens with one attached hydrogen (secondary N) is 1. The van der Waals surface area contributed by atoms with Gasteiger partial charge in [0.25, 0.3) is 5.91 Å². The van der Waals surface area contributed by atoms with Gasteiger partial charge in [0, 0.05) is 24.5 Å². The van der Waals surface area contributed by atoms with Crippen LogP contribution in [-0.4, -0.2) is 16.6 Å². The van der Waals surface area contributed by atoms with Crippen molar-refractivity contribution in [1.29, 1.82) is 0 Å². The predicted molar refractivity (Wildman–Crippen MR) is 103 cm³/mol. The fourth-order valence-corrected chi connectivity index (χ4v) is 3.04. The number of aromatic nitrogens is 1. The molecule has 4 rings (SSSR count). The van der Waals surface area contributed by atoms with Crippen LogP contribution in [0, 0.1) is 0 Å². The number of hydrogen-bond acceptors (Lipinski definition) is 4. The third-order valence-electron chi connectivity index (χ3n) is 4.32. The number of benzene rings is 2. The van der Waals surface area contributed by atoms with Crippen LogP contribution >= 0.6 is 0 Å². The highest BCUT2D eigenvalue weighted by molar-refractivity contribution is 6.43. The zero-order valence-corrected chi connectivity index (χ0v) is 14.1. The third kappa shape index (κ3) is 3.32. The van der Waals surface area contributed by atoms with Gasteiger partial charge in [0.1, 0.15) is 5.71 Å². The average molecular weight is 342 g/mol. The summed E-state index contributed by atoms with van der Waals surface area (Å²) in [6.45, 7) is 0. The Morgan fingerprint density at radius 1 is 0.923 bits per heavy atom. The number of hydrogen-bond donors (Lipinski definition) is 1. The highest BCUT2D eigenvalue weighted by atomic mass is 16.2. The van der Waals surface area contributed by atoms with Crippen LogP contribution in [0.4, 0.5) is 11.4 Å². The molecule has 0 spiro atoms. The van der Waals surface area contributed by atoms with E-state index in [1.807, 2.05) is 53.5 Å². The summed E-state index contributed by atoms with van der Waals surface area (Å²) in [5, 5.41) is 9.45. The van der Waals surface area contributed by atoms with Gasteiger partial charge in [-0.2, -0.15) is 5.10 Å². The molecule has 0 fully saturated rings. The van der Waals surface area contributed by atoms with Crippen LogP contribution in [-0.2, 0) is 4.79 Å². The first-order chi connectivity index (χ1) is 12.8. The number of carbonyl (C=O) groups is 1. The number of hydrazone groups is 1. The number of pyridine rings is 1. The van der Waals surface area contributed by atoms with E-state index in [0.717, 1.165) is 11.3 Å². The van der Waals surface area contributed by atoms with E-state index in [2.05, 4.69) is 27.5 Å². The maximum atomic E-state index is 12.7. The van der Waals surface area contributed by atoms with Crippen molar-refractivity contribution in [3.63, 3.8) is 0 Å². The SMILES string of the molecule is O=C(Nc1ccncc1)C1=NN(c2ccccc2)[C@@H](c2ccccc2)C1. The highest BCUT2D eigenvalue weighted by Crippen LogP contribution is 2.35. The molecule has 128 valence electrons. The van der Waals surface area contributed by atoms with Crippen molar-refractivity contribution in [2.24, 2.45) is 5.10 Å². The second-order valence-corrected chi connectivity index (χ2v) is 6.05. The van der Waals surface area contributed by atoms with Crippen molar-refractivity contribution in [3.05, 3.63) is 90.8 Å². The molecular formula is C21H18N4O. The smallest absolute Gasteiger partial charge is 0.271 e. The Bertz CT molecular complexity index is 911. The summed E-state index contributed by atoms with van der Waals surface area (Å²) in [6.07, 6.45) is 3.85. The zero-order valence-electron chi connectivity index (χ0n) is 14.1. The summed E-state index contributed by atoms with van der Waals surface area (Å²) in [5.41, 5.74) is 3.32. The zero-order chi connectivity index (χ0) is 17.8. The molecule has 1 aromatic heterocycles. The van der Waals surface area contributed by atoms with E-state index < -0.39 is 0 Å². The Morgan fingerprint density at radius 2 is 1.58 bits per heavy atom. The monoisotopic (exact) mass is 342 g/mol. The van der Waals surface area contributed by atoms with Gasteiger partial charge in [-0.3, -0.25) is 14.8 Å². The van der Waals surface area contributed by atoms with E-state index in [9.17, 15) is 4.79 Å². The maximum absolute atomic E-state index is 12.7. The number of rotatable bonds is 4. The largest absolute Gasteiger partial charge is 0.321 e. The molecular weight excluding hydrogens is 324 g/mol. The highest BCUT2D eigenvalue weighted by Gasteiger charge is 2.32. The lowest BCUT2D eigenvalue weighted by atomic mass is 10.0. The molecule has 1 aliphatic heterocycles. The molecule has 1 N–H and O–H groups in total. The van der Waals surface area contributed by atoms with E-state index >= 15 is 0 Å². The van der Waals surface area contributed by atoms with Crippen LogP contribution in [0.5, 0.6) is 0 Å². The van der Waals surface area contributed by atoms with Crippen molar-refractivity contribution in [1.82, 2.24) is 4.98 Å². The fraction of sp³-hybridized carbons (Fsp3) is 0.0952. The number of anilines is 2. The molecule has 26 heavy (non-hydrogen) atoms. The van der Waals surface area contributed by atoms with Crippen molar-refractivity contribution in [2.75, 3.05) is 10.3 Å². The lowest BCUT2D eigenvalue weighted by Crippen LogP contribution is -2.21. The van der Waals surface area contributed by atoms with Gasteiger partial charge in [-0.05, 0) is 29.8 Å². The third-order valence-corrected chi connectivity index (χ3v) is 4.32. The summed E-state index contributed by atoms with van der Waals surface area (Å²) < 4.78 is 0. The fourth-order valence-electron chi connectivity index (χ4n) is 3.04. The molecule has 0 aliphatic carbocycles. The molecule has 0 radical (unpaired) electrons. The molecule has 1 aliphatic rings. The molecule has 0 bridgehead atoms. The van der Waals surface area contributed by atoms with Crippen LogP contribution < -0.4 is 10.3 Å². The summed E-state index contributed by atoms with van der Waals surface area (Å²) >= 11 is 0. The first-order valence-corrected chi connectivity index (χ1v) is 8.49. The van der Waals surface area contributed by atoms with Gasteiger partial charge in [0.15, 0.2) is 0 Å². The first-order valence-electron chi connectivity index (χ1n) is 8.49. The standard InChI is InChI=1S/C21H18N4O/c26-21(23-17-11-13-22-14-12-17)19-15-20(16-7-3-1-4-8-16)25(24-19)18-9-5-2-6-10-18/h1-14,20H,15H2,(H,22,23,26)/t20-/m1/s1. The molecule has 0 unspecified atom stereocenters. The van der Waals surface area contributed by atoms with E-state index in [-0.39, 0.29) is 11.9 Å².